The maximum absolute atomic E-state index is 14.5. The van der Waals surface area contributed by atoms with E-state index in [0.29, 0.717) is 5.69 Å². The first-order valence-corrected chi connectivity index (χ1v) is 16.1. The van der Waals surface area contributed by atoms with Gasteiger partial charge in [0.15, 0.2) is 0 Å². The summed E-state index contributed by atoms with van der Waals surface area (Å²) >= 11 is 0. The maximum atomic E-state index is 14.5. The number of benzene rings is 4. The number of hydrogen-bond donors (Lipinski definition) is 1. The van der Waals surface area contributed by atoms with Gasteiger partial charge >= 0.3 is 0 Å². The highest BCUT2D eigenvalue weighted by Gasteiger charge is 2.36. The molecular weight excluding hydrogens is 570 g/mol. The van der Waals surface area contributed by atoms with Crippen LogP contribution in [-0.4, -0.2) is 43.3 Å². The van der Waals surface area contributed by atoms with Crippen LogP contribution in [0.2, 0.25) is 0 Å². The van der Waals surface area contributed by atoms with E-state index in [1.54, 1.807) is 30.3 Å². The molecule has 0 bridgehead atoms. The highest BCUT2D eigenvalue weighted by atomic mass is 32.2. The number of aryl methyl sites for hydroxylation is 1. The zero-order valence-corrected chi connectivity index (χ0v) is 26.8. The molecule has 0 saturated heterocycles. The summed E-state index contributed by atoms with van der Waals surface area (Å²) in [5.41, 5.74) is 3.23. The lowest BCUT2D eigenvalue weighted by Crippen LogP contribution is -2.56. The van der Waals surface area contributed by atoms with E-state index in [1.807, 2.05) is 101 Å². The first-order valence-electron chi connectivity index (χ1n) is 14.7. The third-order valence-electron chi connectivity index (χ3n) is 7.42. The van der Waals surface area contributed by atoms with Crippen LogP contribution in [0.15, 0.2) is 114 Å². The maximum Gasteiger partial charge on any atom is 0.264 e. The zero-order chi connectivity index (χ0) is 31.9. The number of hydrogen-bond acceptors (Lipinski definition) is 4. The summed E-state index contributed by atoms with van der Waals surface area (Å²) < 4.78 is 29.5. The van der Waals surface area contributed by atoms with Gasteiger partial charge in [0.05, 0.1) is 10.6 Å². The zero-order valence-electron chi connectivity index (χ0n) is 26.0. The molecule has 230 valence electrons. The summed E-state index contributed by atoms with van der Waals surface area (Å²) in [4.78, 5) is 30.1. The monoisotopic (exact) mass is 611 g/mol. The molecule has 0 aliphatic heterocycles. The lowest BCUT2D eigenvalue weighted by molar-refractivity contribution is -0.140. The first kappa shape index (κ1) is 32.5. The van der Waals surface area contributed by atoms with Crippen LogP contribution in [0.25, 0.3) is 0 Å². The fourth-order valence-corrected chi connectivity index (χ4v) is 6.52. The highest BCUT2D eigenvalue weighted by molar-refractivity contribution is 7.92. The molecule has 0 fully saturated rings. The number of sulfonamides is 1. The molecule has 0 spiro atoms. The van der Waals surface area contributed by atoms with E-state index in [0.717, 1.165) is 22.3 Å². The van der Waals surface area contributed by atoms with Gasteiger partial charge in [-0.3, -0.25) is 13.9 Å². The number of amides is 2. The van der Waals surface area contributed by atoms with Gasteiger partial charge in [-0.2, -0.15) is 0 Å². The summed E-state index contributed by atoms with van der Waals surface area (Å²) in [6.07, 6.45) is 0.260. The van der Waals surface area contributed by atoms with Gasteiger partial charge in [-0.15, -0.1) is 0 Å². The van der Waals surface area contributed by atoms with Crippen LogP contribution in [0.4, 0.5) is 5.69 Å². The fraction of sp³-hybridized carbons (Fsp3) is 0.278. The van der Waals surface area contributed by atoms with Gasteiger partial charge in [-0.25, -0.2) is 8.42 Å². The first-order chi connectivity index (χ1) is 20.9. The Labute approximate surface area is 261 Å². The molecule has 0 unspecified atom stereocenters. The predicted octanol–water partition coefficient (Wildman–Crippen LogP) is 6.05. The third kappa shape index (κ3) is 8.14. The minimum absolute atomic E-state index is 0.0784. The predicted molar refractivity (Wildman–Crippen MR) is 176 cm³/mol. The molecule has 4 rings (SSSR count). The summed E-state index contributed by atoms with van der Waals surface area (Å²) in [7, 11) is -4.14. The van der Waals surface area contributed by atoms with Crippen molar-refractivity contribution in [3.05, 3.63) is 131 Å². The Bertz CT molecular complexity index is 1670. The van der Waals surface area contributed by atoms with Crippen molar-refractivity contribution < 1.29 is 18.0 Å². The van der Waals surface area contributed by atoms with Crippen LogP contribution >= 0.6 is 0 Å². The topological polar surface area (TPSA) is 86.8 Å². The molecule has 1 N–H and O–H groups in total. The quantitative estimate of drug-likeness (QED) is 0.224. The standard InChI is InChI=1S/C36H41N3O4S/c1-27-16-15-23-32(28(27)2)39(44(42,43)31-21-13-8-14-22-31)26-34(40)38(25-30-19-11-7-12-20-30)33(35(41)37-36(3,4)5)24-29-17-9-6-10-18-29/h6-23,33H,24-26H2,1-5H3,(H,37,41)/t33-/m0/s1. The van der Waals surface area contributed by atoms with Gasteiger partial charge in [0.1, 0.15) is 12.6 Å². The summed E-state index contributed by atoms with van der Waals surface area (Å²) in [6, 6.07) is 31.6. The van der Waals surface area contributed by atoms with E-state index < -0.39 is 34.1 Å². The number of carbonyl (C=O) groups is 2. The van der Waals surface area contributed by atoms with Gasteiger partial charge in [0, 0.05) is 18.5 Å². The molecule has 0 aromatic heterocycles. The molecule has 1 atom stereocenters. The van der Waals surface area contributed by atoms with E-state index in [4.69, 9.17) is 0 Å². The van der Waals surface area contributed by atoms with Crippen molar-refractivity contribution in [3.63, 3.8) is 0 Å². The minimum Gasteiger partial charge on any atom is -0.350 e. The Balaban J connectivity index is 1.83. The molecule has 8 heteroatoms. The summed E-state index contributed by atoms with van der Waals surface area (Å²) in [6.45, 7) is 9.07. The molecule has 0 saturated carbocycles. The second-order valence-corrected chi connectivity index (χ2v) is 13.9. The number of anilines is 1. The molecule has 44 heavy (non-hydrogen) atoms. The fourth-order valence-electron chi connectivity index (χ4n) is 5.03. The summed E-state index contributed by atoms with van der Waals surface area (Å²) in [5.74, 6) is -0.797. The Morgan fingerprint density at radius 2 is 1.30 bits per heavy atom. The van der Waals surface area contributed by atoms with Crippen LogP contribution in [-0.2, 0) is 32.6 Å². The van der Waals surface area contributed by atoms with Crippen molar-refractivity contribution in [1.82, 2.24) is 10.2 Å². The Morgan fingerprint density at radius 3 is 1.86 bits per heavy atom. The van der Waals surface area contributed by atoms with Crippen molar-refractivity contribution in [2.24, 2.45) is 0 Å². The molecule has 7 nitrogen and oxygen atoms in total. The largest absolute Gasteiger partial charge is 0.350 e. The van der Waals surface area contributed by atoms with Gasteiger partial charge in [-0.05, 0) is 75.1 Å². The molecule has 2 amide bonds. The Morgan fingerprint density at radius 1 is 0.750 bits per heavy atom. The van der Waals surface area contributed by atoms with Gasteiger partial charge in [0.25, 0.3) is 10.0 Å². The van der Waals surface area contributed by atoms with Crippen LogP contribution in [0.1, 0.15) is 43.0 Å². The van der Waals surface area contributed by atoms with Crippen LogP contribution in [0.3, 0.4) is 0 Å². The lowest BCUT2D eigenvalue weighted by Gasteiger charge is -2.35. The molecule has 0 radical (unpaired) electrons. The number of nitrogens with one attached hydrogen (secondary N) is 1. The molecule has 0 heterocycles. The average molecular weight is 612 g/mol. The van der Waals surface area contributed by atoms with Crippen molar-refractivity contribution in [2.75, 3.05) is 10.8 Å². The lowest BCUT2D eigenvalue weighted by atomic mass is 10.0. The van der Waals surface area contributed by atoms with Crippen molar-refractivity contribution in [3.8, 4) is 0 Å². The number of rotatable bonds is 11. The van der Waals surface area contributed by atoms with E-state index in [2.05, 4.69) is 5.32 Å². The van der Waals surface area contributed by atoms with E-state index >= 15 is 0 Å². The average Bonchev–Trinajstić information content (AvgIpc) is 2.99. The second kappa shape index (κ2) is 13.9. The third-order valence-corrected chi connectivity index (χ3v) is 9.19. The Hall–Kier alpha value is -4.43. The normalized spacial score (nSPS) is 12.3. The van der Waals surface area contributed by atoms with Crippen LogP contribution in [0, 0.1) is 13.8 Å². The van der Waals surface area contributed by atoms with Crippen molar-refractivity contribution in [2.45, 2.75) is 64.1 Å². The van der Waals surface area contributed by atoms with Crippen LogP contribution in [0.5, 0.6) is 0 Å². The number of nitrogens with zero attached hydrogens (tertiary/aromatic N) is 2. The second-order valence-electron chi connectivity index (χ2n) is 12.0. The SMILES string of the molecule is Cc1cccc(N(CC(=O)N(Cc2ccccc2)[C@@H](Cc2ccccc2)C(=O)NC(C)(C)C)S(=O)(=O)c2ccccc2)c1C. The van der Waals surface area contributed by atoms with Crippen LogP contribution < -0.4 is 9.62 Å². The molecule has 0 aliphatic rings. The molecule has 4 aromatic carbocycles. The van der Waals surface area contributed by atoms with Crippen molar-refractivity contribution >= 4 is 27.5 Å². The van der Waals surface area contributed by atoms with E-state index in [9.17, 15) is 18.0 Å². The van der Waals surface area contributed by atoms with Crippen molar-refractivity contribution in [1.29, 1.82) is 0 Å². The summed E-state index contributed by atoms with van der Waals surface area (Å²) in [5, 5.41) is 3.05. The minimum atomic E-state index is -4.14. The van der Waals surface area contributed by atoms with Gasteiger partial charge in [-0.1, -0.05) is 91.0 Å². The van der Waals surface area contributed by atoms with E-state index in [-0.39, 0.29) is 23.8 Å². The van der Waals surface area contributed by atoms with Gasteiger partial charge in [0.2, 0.25) is 11.8 Å². The van der Waals surface area contributed by atoms with Gasteiger partial charge < -0.3 is 10.2 Å². The molecule has 0 aliphatic carbocycles. The highest BCUT2D eigenvalue weighted by Crippen LogP contribution is 2.29. The number of carbonyl (C=O) groups excluding carboxylic acids is 2. The smallest absolute Gasteiger partial charge is 0.264 e. The molecular formula is C36H41N3O4S. The molecule has 4 aromatic rings. The Kier molecular flexibility index (Phi) is 10.3. The van der Waals surface area contributed by atoms with E-state index in [1.165, 1.54) is 21.3 Å².